The monoisotopic (exact) mass is 325 g/mol. The fourth-order valence-corrected chi connectivity index (χ4v) is 3.04. The van der Waals surface area contributed by atoms with Gasteiger partial charge in [0, 0.05) is 17.4 Å². The predicted octanol–water partition coefficient (Wildman–Crippen LogP) is 2.83. The van der Waals surface area contributed by atoms with Gasteiger partial charge in [0.2, 0.25) is 5.91 Å². The molecule has 0 radical (unpaired) electrons. The van der Waals surface area contributed by atoms with Crippen LogP contribution in [0.1, 0.15) is 31.4 Å². The van der Waals surface area contributed by atoms with Gasteiger partial charge in [-0.1, -0.05) is 35.0 Å². The summed E-state index contributed by atoms with van der Waals surface area (Å²) in [6.45, 7) is 2.58. The molecule has 0 bridgehead atoms. The highest BCUT2D eigenvalue weighted by Gasteiger charge is 2.44. The number of nitrogens with zero attached hydrogens (tertiary/aromatic N) is 1. The Labute approximate surface area is 120 Å². The van der Waals surface area contributed by atoms with Crippen molar-refractivity contribution in [2.45, 2.75) is 25.8 Å². The standard InChI is InChI=1S/C14H16BrNO3/c1-2-6-16-12(17)8-11(14(18)19)13(16)9-4-3-5-10(15)7-9/h3-5,7,11,13H,2,6,8H2,1H3,(H,18,19). The highest BCUT2D eigenvalue weighted by atomic mass is 79.9. The van der Waals surface area contributed by atoms with Crippen molar-refractivity contribution in [2.75, 3.05) is 6.54 Å². The van der Waals surface area contributed by atoms with E-state index in [1.54, 1.807) is 4.90 Å². The molecule has 0 aromatic heterocycles. The van der Waals surface area contributed by atoms with Crippen molar-refractivity contribution in [3.8, 4) is 0 Å². The molecule has 1 N–H and O–H groups in total. The molecule has 102 valence electrons. The summed E-state index contributed by atoms with van der Waals surface area (Å²) in [5, 5.41) is 9.33. The van der Waals surface area contributed by atoms with Crippen LogP contribution < -0.4 is 0 Å². The highest BCUT2D eigenvalue weighted by Crippen LogP contribution is 2.39. The van der Waals surface area contributed by atoms with Gasteiger partial charge in [0.25, 0.3) is 0 Å². The average molecular weight is 326 g/mol. The molecule has 2 atom stereocenters. The second kappa shape index (κ2) is 5.74. The van der Waals surface area contributed by atoms with Gasteiger partial charge >= 0.3 is 5.97 Å². The van der Waals surface area contributed by atoms with Gasteiger partial charge < -0.3 is 10.0 Å². The van der Waals surface area contributed by atoms with Crippen molar-refractivity contribution in [1.29, 1.82) is 0 Å². The molecule has 0 spiro atoms. The van der Waals surface area contributed by atoms with E-state index >= 15 is 0 Å². The van der Waals surface area contributed by atoms with Gasteiger partial charge in [-0.25, -0.2) is 0 Å². The van der Waals surface area contributed by atoms with Crippen LogP contribution in [0.3, 0.4) is 0 Å². The molecule has 0 saturated carbocycles. The zero-order valence-corrected chi connectivity index (χ0v) is 12.3. The first-order valence-corrected chi connectivity index (χ1v) is 7.11. The van der Waals surface area contributed by atoms with Crippen LogP contribution in [-0.2, 0) is 9.59 Å². The van der Waals surface area contributed by atoms with Crippen molar-refractivity contribution in [3.05, 3.63) is 34.3 Å². The summed E-state index contributed by atoms with van der Waals surface area (Å²) >= 11 is 3.39. The van der Waals surface area contributed by atoms with E-state index in [9.17, 15) is 14.7 Å². The topological polar surface area (TPSA) is 57.6 Å². The van der Waals surface area contributed by atoms with Crippen molar-refractivity contribution < 1.29 is 14.7 Å². The van der Waals surface area contributed by atoms with E-state index < -0.39 is 11.9 Å². The number of hydrogen-bond donors (Lipinski definition) is 1. The van der Waals surface area contributed by atoms with Gasteiger partial charge in [-0.3, -0.25) is 9.59 Å². The SMILES string of the molecule is CCCN1C(=O)CC(C(=O)O)C1c1cccc(Br)c1. The summed E-state index contributed by atoms with van der Waals surface area (Å²) < 4.78 is 0.893. The number of benzene rings is 1. The Bertz CT molecular complexity index is 503. The van der Waals surface area contributed by atoms with Crippen molar-refractivity contribution in [1.82, 2.24) is 4.90 Å². The number of carboxylic acids is 1. The molecule has 1 saturated heterocycles. The van der Waals surface area contributed by atoms with Crippen LogP contribution in [0.5, 0.6) is 0 Å². The maximum atomic E-state index is 12.0. The smallest absolute Gasteiger partial charge is 0.309 e. The quantitative estimate of drug-likeness (QED) is 0.926. The van der Waals surface area contributed by atoms with Gasteiger partial charge in [-0.15, -0.1) is 0 Å². The van der Waals surface area contributed by atoms with Crippen molar-refractivity contribution in [3.63, 3.8) is 0 Å². The first-order chi connectivity index (χ1) is 9.04. The molecule has 1 aromatic carbocycles. The van der Waals surface area contributed by atoms with Gasteiger partial charge in [0.1, 0.15) is 0 Å². The zero-order valence-electron chi connectivity index (χ0n) is 10.7. The van der Waals surface area contributed by atoms with E-state index in [0.717, 1.165) is 16.5 Å². The van der Waals surface area contributed by atoms with E-state index in [-0.39, 0.29) is 18.4 Å². The molecule has 4 nitrogen and oxygen atoms in total. The highest BCUT2D eigenvalue weighted by molar-refractivity contribution is 9.10. The second-order valence-corrected chi connectivity index (χ2v) is 5.65. The van der Waals surface area contributed by atoms with E-state index in [4.69, 9.17) is 0 Å². The largest absolute Gasteiger partial charge is 0.481 e. The molecule has 1 aromatic rings. The normalized spacial score (nSPS) is 22.8. The molecule has 19 heavy (non-hydrogen) atoms. The first kappa shape index (κ1) is 14.1. The minimum atomic E-state index is -0.906. The summed E-state index contributed by atoms with van der Waals surface area (Å²) in [6, 6.07) is 7.17. The van der Waals surface area contributed by atoms with Crippen LogP contribution in [0.15, 0.2) is 28.7 Å². The molecule has 2 rings (SSSR count). The lowest BCUT2D eigenvalue weighted by molar-refractivity contribution is -0.142. The van der Waals surface area contributed by atoms with Crippen LogP contribution in [0.25, 0.3) is 0 Å². The number of rotatable bonds is 4. The third-order valence-electron chi connectivity index (χ3n) is 3.40. The lowest BCUT2D eigenvalue weighted by Gasteiger charge is -2.27. The summed E-state index contributed by atoms with van der Waals surface area (Å²) in [6.07, 6.45) is 0.912. The van der Waals surface area contributed by atoms with Crippen LogP contribution in [0, 0.1) is 5.92 Å². The van der Waals surface area contributed by atoms with Gasteiger partial charge in [-0.05, 0) is 24.1 Å². The fraction of sp³-hybridized carbons (Fsp3) is 0.429. The molecular weight excluding hydrogens is 310 g/mol. The lowest BCUT2D eigenvalue weighted by atomic mass is 9.94. The van der Waals surface area contributed by atoms with Gasteiger partial charge in [0.05, 0.1) is 12.0 Å². The minimum Gasteiger partial charge on any atom is -0.481 e. The van der Waals surface area contributed by atoms with Gasteiger partial charge in [-0.2, -0.15) is 0 Å². The summed E-state index contributed by atoms with van der Waals surface area (Å²) in [5.74, 6) is -1.63. The van der Waals surface area contributed by atoms with Crippen LogP contribution >= 0.6 is 15.9 Å². The van der Waals surface area contributed by atoms with E-state index in [1.807, 2.05) is 31.2 Å². The number of likely N-dealkylation sites (tertiary alicyclic amines) is 1. The van der Waals surface area contributed by atoms with Gasteiger partial charge in [0.15, 0.2) is 0 Å². The number of aliphatic carboxylic acids is 1. The molecule has 0 aliphatic carbocycles. The van der Waals surface area contributed by atoms with Crippen molar-refractivity contribution in [2.24, 2.45) is 5.92 Å². The van der Waals surface area contributed by atoms with E-state index in [1.165, 1.54) is 0 Å². The minimum absolute atomic E-state index is 0.0702. The second-order valence-electron chi connectivity index (χ2n) is 4.74. The molecule has 2 unspecified atom stereocenters. The maximum absolute atomic E-state index is 12.0. The zero-order chi connectivity index (χ0) is 14.0. The molecule has 1 heterocycles. The fourth-order valence-electron chi connectivity index (χ4n) is 2.62. The summed E-state index contributed by atoms with van der Waals surface area (Å²) in [4.78, 5) is 25.1. The maximum Gasteiger partial charge on any atom is 0.309 e. The molecule has 5 heteroatoms. The Morgan fingerprint density at radius 1 is 1.53 bits per heavy atom. The average Bonchev–Trinajstić information content (AvgIpc) is 2.68. The Morgan fingerprint density at radius 2 is 2.26 bits per heavy atom. The Hall–Kier alpha value is -1.36. The molecular formula is C14H16BrNO3. The predicted molar refractivity (Wildman–Crippen MR) is 74.6 cm³/mol. The molecule has 1 aliphatic heterocycles. The summed E-state index contributed by atoms with van der Waals surface area (Å²) in [5.41, 5.74) is 0.876. The number of carbonyl (C=O) groups is 2. The third-order valence-corrected chi connectivity index (χ3v) is 3.90. The number of hydrogen-bond acceptors (Lipinski definition) is 2. The number of carboxylic acid groups (broad SMARTS) is 1. The molecule has 1 amide bonds. The van der Waals surface area contributed by atoms with Crippen LogP contribution in [0.4, 0.5) is 0 Å². The number of amides is 1. The Morgan fingerprint density at radius 3 is 2.84 bits per heavy atom. The Kier molecular flexibility index (Phi) is 4.24. The third kappa shape index (κ3) is 2.81. The molecule has 1 fully saturated rings. The van der Waals surface area contributed by atoms with Crippen LogP contribution in [0.2, 0.25) is 0 Å². The first-order valence-electron chi connectivity index (χ1n) is 6.32. The van der Waals surface area contributed by atoms with Crippen molar-refractivity contribution >= 4 is 27.8 Å². The van der Waals surface area contributed by atoms with E-state index in [0.29, 0.717) is 6.54 Å². The summed E-state index contributed by atoms with van der Waals surface area (Å²) in [7, 11) is 0. The lowest BCUT2D eigenvalue weighted by Crippen LogP contribution is -2.31. The molecule has 1 aliphatic rings. The number of halogens is 1. The number of carbonyl (C=O) groups excluding carboxylic acids is 1. The van der Waals surface area contributed by atoms with E-state index in [2.05, 4.69) is 15.9 Å². The van der Waals surface area contributed by atoms with Crippen LogP contribution in [-0.4, -0.2) is 28.4 Å². The Balaban J connectivity index is 2.40.